The topological polar surface area (TPSA) is 38.1 Å². The van der Waals surface area contributed by atoms with Gasteiger partial charge in [-0.3, -0.25) is 9.36 Å². The van der Waals surface area contributed by atoms with Crippen LogP contribution < -0.4 is 5.56 Å². The Kier molecular flexibility index (Phi) is 6.18. The summed E-state index contributed by atoms with van der Waals surface area (Å²) in [5.74, 6) is 0. The molecule has 0 fully saturated rings. The molecule has 0 saturated heterocycles. The normalized spacial score (nSPS) is 10.7. The molecule has 0 spiro atoms. The van der Waals surface area contributed by atoms with E-state index in [1.54, 1.807) is 10.9 Å². The number of aromatic nitrogens is 2. The summed E-state index contributed by atoms with van der Waals surface area (Å²) in [5, 5.41) is 0.694. The van der Waals surface area contributed by atoms with Gasteiger partial charge in [0.1, 0.15) is 0 Å². The number of para-hydroxylation sites is 1. The van der Waals surface area contributed by atoms with E-state index in [4.69, 9.17) is 0 Å². The second kappa shape index (κ2) is 7.40. The lowest BCUT2D eigenvalue weighted by atomic mass is 10.2. The van der Waals surface area contributed by atoms with Crippen molar-refractivity contribution in [2.24, 2.45) is 0 Å². The van der Waals surface area contributed by atoms with Crippen molar-refractivity contribution in [1.29, 1.82) is 0 Å². The Morgan fingerprint density at radius 2 is 1.89 bits per heavy atom. The van der Waals surface area contributed by atoms with Gasteiger partial charge in [-0.2, -0.15) is 0 Å². The second-order valence-corrected chi connectivity index (χ2v) is 4.29. The van der Waals surface area contributed by atoms with Gasteiger partial charge in [0.25, 0.3) is 5.56 Å². The number of hydrogen-bond donors (Lipinski definition) is 0. The first-order chi connectivity index (χ1) is 8.76. The Morgan fingerprint density at radius 1 is 1.21 bits per heavy atom. The summed E-state index contributed by atoms with van der Waals surface area (Å²) in [6.45, 7) is 7.85. The van der Waals surface area contributed by atoms with E-state index in [0.717, 1.165) is 25.2 Å². The highest BCUT2D eigenvalue weighted by Crippen LogP contribution is 2.04. The summed E-state index contributed by atoms with van der Waals surface area (Å²) in [4.78, 5) is 18.8. The largest absolute Gasteiger partial charge is 0.302 e. The summed E-state index contributed by atoms with van der Waals surface area (Å²) >= 11 is 0. The van der Waals surface area contributed by atoms with Crippen LogP contribution in [0.15, 0.2) is 35.4 Å². The molecule has 4 nitrogen and oxygen atoms in total. The lowest BCUT2D eigenvalue weighted by Crippen LogP contribution is -2.31. The van der Waals surface area contributed by atoms with Crippen LogP contribution in [0, 0.1) is 0 Å². The van der Waals surface area contributed by atoms with E-state index >= 15 is 0 Å². The first-order valence-corrected chi connectivity index (χ1v) is 6.42. The fourth-order valence-electron chi connectivity index (χ4n) is 2.05. The van der Waals surface area contributed by atoms with Crippen LogP contribution in [0.1, 0.15) is 13.8 Å². The standard InChI is InChI=1S/C14H19N3O.BrH/c1-3-16(4-2)9-10-17-11-15-13-8-6-5-7-12(13)14(17)18;/h5-8,11H,3-4,9-10H2,1-2H3;1H. The number of halogens is 1. The SMILES string of the molecule is Br.CCN(CC)CCn1cnc2ccccc2c1=O. The minimum atomic E-state index is 0. The number of hydrogen-bond acceptors (Lipinski definition) is 3. The predicted octanol–water partition coefficient (Wildman–Crippen LogP) is 2.32. The van der Waals surface area contributed by atoms with E-state index in [0.29, 0.717) is 11.9 Å². The van der Waals surface area contributed by atoms with E-state index in [9.17, 15) is 4.79 Å². The second-order valence-electron chi connectivity index (χ2n) is 4.29. The summed E-state index contributed by atoms with van der Waals surface area (Å²) < 4.78 is 1.70. The maximum absolute atomic E-state index is 12.2. The minimum absolute atomic E-state index is 0. The lowest BCUT2D eigenvalue weighted by molar-refractivity contribution is 0.289. The van der Waals surface area contributed by atoms with Crippen LogP contribution in [0.2, 0.25) is 0 Å². The average molecular weight is 326 g/mol. The van der Waals surface area contributed by atoms with Crippen molar-refractivity contribution in [2.45, 2.75) is 20.4 Å². The molecule has 104 valence electrons. The maximum atomic E-state index is 12.2. The highest BCUT2D eigenvalue weighted by atomic mass is 79.9. The molecular weight excluding hydrogens is 306 g/mol. The summed E-state index contributed by atoms with van der Waals surface area (Å²) in [6.07, 6.45) is 1.65. The van der Waals surface area contributed by atoms with Gasteiger partial charge in [0.2, 0.25) is 0 Å². The molecule has 0 saturated carbocycles. The highest BCUT2D eigenvalue weighted by molar-refractivity contribution is 8.93. The van der Waals surface area contributed by atoms with E-state index in [2.05, 4.69) is 23.7 Å². The zero-order chi connectivity index (χ0) is 13.0. The van der Waals surface area contributed by atoms with Crippen LogP contribution in [-0.4, -0.2) is 34.1 Å². The van der Waals surface area contributed by atoms with Crippen molar-refractivity contribution in [3.63, 3.8) is 0 Å². The molecule has 1 heterocycles. The Morgan fingerprint density at radius 3 is 2.58 bits per heavy atom. The fraction of sp³-hybridized carbons (Fsp3) is 0.429. The molecule has 0 aliphatic heterocycles. The van der Waals surface area contributed by atoms with Crippen LogP contribution in [0.4, 0.5) is 0 Å². The van der Waals surface area contributed by atoms with Gasteiger partial charge in [-0.25, -0.2) is 4.98 Å². The molecule has 0 aliphatic carbocycles. The Balaban J connectivity index is 0.00000180. The third-order valence-corrected chi connectivity index (χ3v) is 3.28. The molecule has 2 aromatic rings. The van der Waals surface area contributed by atoms with Gasteiger partial charge in [-0.15, -0.1) is 17.0 Å². The number of nitrogens with zero attached hydrogens (tertiary/aromatic N) is 3. The zero-order valence-corrected chi connectivity index (χ0v) is 13.1. The first-order valence-electron chi connectivity index (χ1n) is 6.42. The van der Waals surface area contributed by atoms with Gasteiger partial charge in [0.15, 0.2) is 0 Å². The molecule has 0 aliphatic rings. The molecule has 0 N–H and O–H groups in total. The van der Waals surface area contributed by atoms with E-state index in [1.165, 1.54) is 0 Å². The summed E-state index contributed by atoms with van der Waals surface area (Å²) in [6, 6.07) is 7.47. The summed E-state index contributed by atoms with van der Waals surface area (Å²) in [7, 11) is 0. The van der Waals surface area contributed by atoms with Crippen molar-refractivity contribution in [1.82, 2.24) is 14.5 Å². The quantitative estimate of drug-likeness (QED) is 0.846. The third-order valence-electron chi connectivity index (χ3n) is 3.28. The smallest absolute Gasteiger partial charge is 0.261 e. The van der Waals surface area contributed by atoms with Gasteiger partial charge in [0, 0.05) is 13.1 Å². The average Bonchev–Trinajstić information content (AvgIpc) is 2.42. The Hall–Kier alpha value is -1.20. The van der Waals surface area contributed by atoms with Crippen LogP contribution >= 0.6 is 17.0 Å². The van der Waals surface area contributed by atoms with Crippen molar-refractivity contribution in [3.05, 3.63) is 40.9 Å². The van der Waals surface area contributed by atoms with E-state index in [1.807, 2.05) is 24.3 Å². The molecule has 0 amide bonds. The molecule has 0 unspecified atom stereocenters. The third kappa shape index (κ3) is 3.64. The van der Waals surface area contributed by atoms with Crippen molar-refractivity contribution >= 4 is 27.9 Å². The molecule has 0 atom stereocenters. The Bertz CT molecular complexity index is 578. The van der Waals surface area contributed by atoms with Gasteiger partial charge >= 0.3 is 0 Å². The predicted molar refractivity (Wildman–Crippen MR) is 84.1 cm³/mol. The van der Waals surface area contributed by atoms with Gasteiger partial charge < -0.3 is 4.90 Å². The van der Waals surface area contributed by atoms with Crippen LogP contribution in [-0.2, 0) is 6.54 Å². The lowest BCUT2D eigenvalue weighted by Gasteiger charge is -2.18. The monoisotopic (exact) mass is 325 g/mol. The number of benzene rings is 1. The van der Waals surface area contributed by atoms with Gasteiger partial charge in [0.05, 0.1) is 17.2 Å². The molecule has 1 aromatic heterocycles. The van der Waals surface area contributed by atoms with Crippen LogP contribution in [0.5, 0.6) is 0 Å². The van der Waals surface area contributed by atoms with Gasteiger partial charge in [-0.05, 0) is 25.2 Å². The van der Waals surface area contributed by atoms with Crippen molar-refractivity contribution in [2.75, 3.05) is 19.6 Å². The molecular formula is C14H20BrN3O. The molecule has 19 heavy (non-hydrogen) atoms. The van der Waals surface area contributed by atoms with E-state index in [-0.39, 0.29) is 22.5 Å². The summed E-state index contributed by atoms with van der Waals surface area (Å²) in [5.41, 5.74) is 0.814. The molecule has 0 radical (unpaired) electrons. The molecule has 1 aromatic carbocycles. The number of fused-ring (bicyclic) bond motifs is 1. The molecule has 0 bridgehead atoms. The minimum Gasteiger partial charge on any atom is -0.302 e. The number of rotatable bonds is 5. The Labute approximate surface area is 123 Å². The zero-order valence-electron chi connectivity index (χ0n) is 11.4. The highest BCUT2D eigenvalue weighted by Gasteiger charge is 2.04. The first kappa shape index (κ1) is 15.9. The van der Waals surface area contributed by atoms with Gasteiger partial charge in [-0.1, -0.05) is 26.0 Å². The van der Waals surface area contributed by atoms with Crippen LogP contribution in [0.25, 0.3) is 10.9 Å². The van der Waals surface area contributed by atoms with E-state index < -0.39 is 0 Å². The molecule has 2 rings (SSSR count). The fourth-order valence-corrected chi connectivity index (χ4v) is 2.05. The van der Waals surface area contributed by atoms with Crippen LogP contribution in [0.3, 0.4) is 0 Å². The van der Waals surface area contributed by atoms with Crippen molar-refractivity contribution < 1.29 is 0 Å². The maximum Gasteiger partial charge on any atom is 0.261 e. The molecule has 5 heteroatoms. The van der Waals surface area contributed by atoms with Crippen molar-refractivity contribution in [3.8, 4) is 0 Å². The number of likely N-dealkylation sites (N-methyl/N-ethyl adjacent to an activating group) is 1.